The lowest BCUT2D eigenvalue weighted by Crippen LogP contribution is -2.06. The average Bonchev–Trinajstić information content (AvgIpc) is 2.81. The highest BCUT2D eigenvalue weighted by Gasteiger charge is 2.22. The fourth-order valence-corrected chi connectivity index (χ4v) is 3.02. The van der Waals surface area contributed by atoms with E-state index in [0.717, 1.165) is 33.3 Å². The number of rotatable bonds is 3. The number of hydrogen-bond acceptors (Lipinski definition) is 2. The number of esters is 1. The van der Waals surface area contributed by atoms with Crippen molar-refractivity contribution in [1.82, 2.24) is 4.98 Å². The quantitative estimate of drug-likeness (QED) is 0.715. The summed E-state index contributed by atoms with van der Waals surface area (Å²) in [6.45, 7) is 6.10. The van der Waals surface area contributed by atoms with E-state index in [1.165, 1.54) is 0 Å². The third-order valence-electron chi connectivity index (χ3n) is 3.91. The van der Waals surface area contributed by atoms with Crippen LogP contribution >= 0.6 is 0 Å². The van der Waals surface area contributed by atoms with Crippen LogP contribution in [0.5, 0.6) is 0 Å². The van der Waals surface area contributed by atoms with Crippen LogP contribution in [-0.2, 0) is 4.74 Å². The van der Waals surface area contributed by atoms with Crippen LogP contribution < -0.4 is 0 Å². The number of aryl methyl sites for hydroxylation is 2. The molecule has 112 valence electrons. The van der Waals surface area contributed by atoms with Gasteiger partial charge < -0.3 is 9.72 Å². The minimum absolute atomic E-state index is 0.271. The first-order valence-electron chi connectivity index (χ1n) is 7.48. The molecule has 0 aliphatic rings. The molecule has 0 aliphatic carbocycles. The van der Waals surface area contributed by atoms with Gasteiger partial charge in [-0.05, 0) is 37.1 Å². The van der Waals surface area contributed by atoms with Gasteiger partial charge in [0.2, 0.25) is 0 Å². The molecule has 0 atom stereocenters. The Balaban J connectivity index is 2.29. The zero-order valence-electron chi connectivity index (χ0n) is 13.1. The van der Waals surface area contributed by atoms with Gasteiger partial charge in [0, 0.05) is 17.0 Å². The third-order valence-corrected chi connectivity index (χ3v) is 3.91. The summed E-state index contributed by atoms with van der Waals surface area (Å²) in [6, 6.07) is 14.4. The van der Waals surface area contributed by atoms with E-state index >= 15 is 0 Å². The Morgan fingerprint density at radius 2 is 1.77 bits per heavy atom. The smallest absolute Gasteiger partial charge is 0.340 e. The molecule has 0 aliphatic heterocycles. The molecule has 3 nitrogen and oxygen atoms in total. The van der Waals surface area contributed by atoms with Gasteiger partial charge in [-0.15, -0.1) is 0 Å². The van der Waals surface area contributed by atoms with Crippen LogP contribution in [0.15, 0.2) is 42.5 Å². The van der Waals surface area contributed by atoms with Gasteiger partial charge >= 0.3 is 5.97 Å². The van der Waals surface area contributed by atoms with E-state index in [1.807, 2.05) is 39.0 Å². The lowest BCUT2D eigenvalue weighted by atomic mass is 9.95. The molecule has 1 aromatic heterocycles. The second kappa shape index (κ2) is 5.68. The molecule has 1 N–H and O–H groups in total. The molecule has 0 radical (unpaired) electrons. The molecule has 22 heavy (non-hydrogen) atoms. The topological polar surface area (TPSA) is 42.1 Å². The molecule has 0 saturated carbocycles. The maximum absolute atomic E-state index is 12.4. The van der Waals surface area contributed by atoms with Gasteiger partial charge in [0.15, 0.2) is 0 Å². The summed E-state index contributed by atoms with van der Waals surface area (Å²) >= 11 is 0. The van der Waals surface area contributed by atoms with E-state index in [2.05, 4.69) is 29.2 Å². The second-order valence-electron chi connectivity index (χ2n) is 5.37. The molecule has 3 aromatic rings. The Bertz CT molecular complexity index is 841. The summed E-state index contributed by atoms with van der Waals surface area (Å²) in [5.74, 6) is -0.271. The van der Waals surface area contributed by atoms with Crippen molar-refractivity contribution in [1.29, 1.82) is 0 Å². The van der Waals surface area contributed by atoms with E-state index in [0.29, 0.717) is 12.2 Å². The molecule has 0 saturated heterocycles. The molecular weight excluding hydrogens is 274 g/mol. The zero-order valence-corrected chi connectivity index (χ0v) is 13.1. The molecule has 0 spiro atoms. The number of aromatic nitrogens is 1. The Morgan fingerprint density at radius 3 is 2.55 bits per heavy atom. The van der Waals surface area contributed by atoms with Crippen molar-refractivity contribution in [3.05, 3.63) is 59.4 Å². The van der Waals surface area contributed by atoms with Gasteiger partial charge in [-0.1, -0.05) is 42.5 Å². The zero-order chi connectivity index (χ0) is 15.7. The molecule has 3 heteroatoms. The van der Waals surface area contributed by atoms with Crippen LogP contribution in [0, 0.1) is 13.8 Å². The van der Waals surface area contributed by atoms with Crippen molar-refractivity contribution in [2.24, 2.45) is 0 Å². The van der Waals surface area contributed by atoms with Crippen molar-refractivity contribution in [2.45, 2.75) is 20.8 Å². The molecule has 0 fully saturated rings. The molecule has 2 aromatic carbocycles. The standard InChI is InChI=1S/C19H19NO2/c1-4-22-19(21)18-13(3)20-12(2)17(18)16-11-7-9-14-8-5-6-10-15(14)16/h5-11,20H,4H2,1-3H3. The van der Waals surface area contributed by atoms with Crippen LogP contribution in [0.25, 0.3) is 21.9 Å². The summed E-state index contributed by atoms with van der Waals surface area (Å²) < 4.78 is 5.24. The van der Waals surface area contributed by atoms with Gasteiger partial charge in [-0.25, -0.2) is 4.79 Å². The normalized spacial score (nSPS) is 10.9. The van der Waals surface area contributed by atoms with Crippen LogP contribution in [0.3, 0.4) is 0 Å². The summed E-state index contributed by atoms with van der Waals surface area (Å²) in [4.78, 5) is 15.6. The number of hydrogen-bond donors (Lipinski definition) is 1. The van der Waals surface area contributed by atoms with Gasteiger partial charge in [0.1, 0.15) is 0 Å². The Kier molecular flexibility index (Phi) is 3.72. The summed E-state index contributed by atoms with van der Waals surface area (Å²) in [6.07, 6.45) is 0. The van der Waals surface area contributed by atoms with Crippen molar-refractivity contribution >= 4 is 16.7 Å². The largest absolute Gasteiger partial charge is 0.462 e. The van der Waals surface area contributed by atoms with Crippen molar-refractivity contribution in [3.8, 4) is 11.1 Å². The fraction of sp³-hybridized carbons (Fsp3) is 0.211. The molecule has 0 unspecified atom stereocenters. The van der Waals surface area contributed by atoms with Gasteiger partial charge in [0.05, 0.1) is 12.2 Å². The van der Waals surface area contributed by atoms with Crippen molar-refractivity contribution in [2.75, 3.05) is 6.61 Å². The number of ether oxygens (including phenoxy) is 1. The van der Waals surface area contributed by atoms with E-state index in [9.17, 15) is 4.79 Å². The first-order chi connectivity index (χ1) is 10.6. The molecule has 3 rings (SSSR count). The van der Waals surface area contributed by atoms with E-state index in [4.69, 9.17) is 4.74 Å². The molecule has 0 bridgehead atoms. The van der Waals surface area contributed by atoms with Crippen LogP contribution in [0.2, 0.25) is 0 Å². The predicted molar refractivity (Wildman–Crippen MR) is 89.2 cm³/mol. The Hall–Kier alpha value is -2.55. The maximum Gasteiger partial charge on any atom is 0.340 e. The lowest BCUT2D eigenvalue weighted by Gasteiger charge is -2.10. The lowest BCUT2D eigenvalue weighted by molar-refractivity contribution is 0.0526. The van der Waals surface area contributed by atoms with Crippen LogP contribution in [-0.4, -0.2) is 17.6 Å². The molecule has 0 amide bonds. The highest BCUT2D eigenvalue weighted by Crippen LogP contribution is 2.35. The Morgan fingerprint density at radius 1 is 1.05 bits per heavy atom. The molecule has 1 heterocycles. The second-order valence-corrected chi connectivity index (χ2v) is 5.37. The predicted octanol–water partition coefficient (Wildman–Crippen LogP) is 4.63. The molecular formula is C19H19NO2. The minimum atomic E-state index is -0.271. The van der Waals surface area contributed by atoms with E-state index in [-0.39, 0.29) is 5.97 Å². The van der Waals surface area contributed by atoms with E-state index in [1.54, 1.807) is 0 Å². The number of fused-ring (bicyclic) bond motifs is 1. The highest BCUT2D eigenvalue weighted by atomic mass is 16.5. The van der Waals surface area contributed by atoms with Crippen LogP contribution in [0.1, 0.15) is 28.7 Å². The number of nitrogens with one attached hydrogen (secondary N) is 1. The number of benzene rings is 2. The summed E-state index contributed by atoms with van der Waals surface area (Å²) in [5.41, 5.74) is 4.46. The minimum Gasteiger partial charge on any atom is -0.462 e. The average molecular weight is 293 g/mol. The SMILES string of the molecule is CCOC(=O)c1c(C)[nH]c(C)c1-c1cccc2ccccc12. The number of aromatic amines is 1. The Labute approximate surface area is 129 Å². The van der Waals surface area contributed by atoms with Crippen molar-refractivity contribution < 1.29 is 9.53 Å². The highest BCUT2D eigenvalue weighted by molar-refractivity contribution is 6.05. The number of H-pyrrole nitrogens is 1. The first-order valence-corrected chi connectivity index (χ1v) is 7.48. The number of carbonyl (C=O) groups excluding carboxylic acids is 1. The van der Waals surface area contributed by atoms with Gasteiger partial charge in [-0.3, -0.25) is 0 Å². The first kappa shape index (κ1) is 14.4. The number of carbonyl (C=O) groups is 1. The maximum atomic E-state index is 12.4. The fourth-order valence-electron chi connectivity index (χ4n) is 3.02. The van der Waals surface area contributed by atoms with E-state index < -0.39 is 0 Å². The van der Waals surface area contributed by atoms with Crippen molar-refractivity contribution in [3.63, 3.8) is 0 Å². The van der Waals surface area contributed by atoms with Gasteiger partial charge in [-0.2, -0.15) is 0 Å². The third kappa shape index (κ3) is 2.29. The van der Waals surface area contributed by atoms with Gasteiger partial charge in [0.25, 0.3) is 0 Å². The summed E-state index contributed by atoms with van der Waals surface area (Å²) in [7, 11) is 0. The van der Waals surface area contributed by atoms with Crippen LogP contribution in [0.4, 0.5) is 0 Å². The monoisotopic (exact) mass is 293 g/mol. The summed E-state index contributed by atoms with van der Waals surface area (Å²) in [5, 5.41) is 2.30.